The number of ether oxygens (including phenoxy) is 2. The van der Waals surface area contributed by atoms with Gasteiger partial charge >= 0.3 is 5.97 Å². The lowest BCUT2D eigenvalue weighted by atomic mass is 10.1. The smallest absolute Gasteiger partial charge is 0.311 e. The van der Waals surface area contributed by atoms with E-state index in [4.69, 9.17) is 32.7 Å². The van der Waals surface area contributed by atoms with E-state index in [1.54, 1.807) is 49.6 Å². The first-order chi connectivity index (χ1) is 13.9. The third-order valence-corrected chi connectivity index (χ3v) is 5.21. The zero-order chi connectivity index (χ0) is 21.0. The van der Waals surface area contributed by atoms with Gasteiger partial charge in [0.2, 0.25) is 5.91 Å². The van der Waals surface area contributed by atoms with Gasteiger partial charge in [0, 0.05) is 18.7 Å². The van der Waals surface area contributed by atoms with Crippen molar-refractivity contribution in [3.8, 4) is 5.75 Å². The van der Waals surface area contributed by atoms with E-state index in [-0.39, 0.29) is 23.9 Å². The van der Waals surface area contributed by atoms with Crippen LogP contribution >= 0.6 is 23.2 Å². The fraction of sp³-hybridized carbons (Fsp3) is 0.250. The molecule has 3 rings (SSSR count). The van der Waals surface area contributed by atoms with E-state index in [2.05, 4.69) is 5.32 Å². The maximum Gasteiger partial charge on any atom is 0.311 e. The van der Waals surface area contributed by atoms with Gasteiger partial charge in [-0.2, -0.15) is 0 Å². The van der Waals surface area contributed by atoms with Gasteiger partial charge in [0.15, 0.2) is 6.61 Å². The Morgan fingerprint density at radius 1 is 1.17 bits per heavy atom. The largest absolute Gasteiger partial charge is 0.497 e. The quantitative estimate of drug-likeness (QED) is 0.699. The number of carbonyl (C=O) groups is 3. The van der Waals surface area contributed by atoms with E-state index in [0.29, 0.717) is 22.1 Å². The predicted molar refractivity (Wildman–Crippen MR) is 110 cm³/mol. The zero-order valence-electron chi connectivity index (χ0n) is 15.5. The maximum absolute atomic E-state index is 12.3. The molecule has 1 heterocycles. The number of hydrogen-bond donors (Lipinski definition) is 1. The molecule has 152 valence electrons. The van der Waals surface area contributed by atoms with Gasteiger partial charge < -0.3 is 19.7 Å². The lowest BCUT2D eigenvalue weighted by molar-refractivity contribution is -0.151. The zero-order valence-corrected chi connectivity index (χ0v) is 17.0. The van der Waals surface area contributed by atoms with Gasteiger partial charge in [0.05, 0.1) is 28.8 Å². The molecular weight excluding hydrogens is 419 g/mol. The molecule has 2 aromatic rings. The van der Waals surface area contributed by atoms with Crippen molar-refractivity contribution < 1.29 is 23.9 Å². The number of nitrogens with zero attached hydrogens (tertiary/aromatic N) is 1. The highest BCUT2D eigenvalue weighted by atomic mass is 35.5. The van der Waals surface area contributed by atoms with Gasteiger partial charge in [-0.3, -0.25) is 14.4 Å². The second kappa shape index (κ2) is 9.15. The summed E-state index contributed by atoms with van der Waals surface area (Å²) < 4.78 is 10.1. The lowest BCUT2D eigenvalue weighted by Gasteiger charge is -2.18. The van der Waals surface area contributed by atoms with E-state index in [9.17, 15) is 14.4 Å². The molecule has 29 heavy (non-hydrogen) atoms. The number of esters is 1. The topological polar surface area (TPSA) is 84.9 Å². The number of benzene rings is 2. The molecule has 1 fully saturated rings. The molecule has 0 bridgehead atoms. The minimum atomic E-state index is -0.689. The van der Waals surface area contributed by atoms with Crippen molar-refractivity contribution in [2.75, 3.05) is 30.5 Å². The number of halogens is 2. The molecule has 1 saturated heterocycles. The average Bonchev–Trinajstić information content (AvgIpc) is 3.10. The highest BCUT2D eigenvalue weighted by Gasteiger charge is 2.37. The Kier molecular flexibility index (Phi) is 6.61. The standard InChI is InChI=1S/C20H18Cl2N2O5/c1-28-14-7-5-13(6-8-14)23-17(25)11-29-20(27)12-9-18(26)24(10-12)16-4-2-3-15(21)19(16)22/h2-8,12H,9-11H2,1H3,(H,23,25)/t12-/m0/s1. The average molecular weight is 437 g/mol. The molecule has 0 radical (unpaired) electrons. The molecule has 0 aliphatic carbocycles. The van der Waals surface area contributed by atoms with Gasteiger partial charge in [-0.15, -0.1) is 0 Å². The number of amides is 2. The monoisotopic (exact) mass is 436 g/mol. The Balaban J connectivity index is 1.53. The molecule has 0 aromatic heterocycles. The first-order valence-electron chi connectivity index (χ1n) is 8.74. The third kappa shape index (κ3) is 4.99. The summed E-state index contributed by atoms with van der Waals surface area (Å²) in [7, 11) is 1.54. The van der Waals surface area contributed by atoms with Crippen molar-refractivity contribution in [1.82, 2.24) is 0 Å². The number of methoxy groups -OCH3 is 1. The summed E-state index contributed by atoms with van der Waals surface area (Å²) in [6.45, 7) is -0.342. The van der Waals surface area contributed by atoms with Crippen LogP contribution in [0.25, 0.3) is 0 Å². The molecule has 0 saturated carbocycles. The van der Waals surface area contributed by atoms with Crippen molar-refractivity contribution in [3.05, 3.63) is 52.5 Å². The van der Waals surface area contributed by atoms with Gasteiger partial charge in [0.25, 0.3) is 5.91 Å². The fourth-order valence-electron chi connectivity index (χ4n) is 2.93. The summed E-state index contributed by atoms with van der Waals surface area (Å²) in [5.74, 6) is -1.40. The minimum Gasteiger partial charge on any atom is -0.497 e. The van der Waals surface area contributed by atoms with Crippen LogP contribution in [-0.4, -0.2) is 38.0 Å². The highest BCUT2D eigenvalue weighted by molar-refractivity contribution is 6.44. The molecule has 1 atom stereocenters. The van der Waals surface area contributed by atoms with Crippen molar-refractivity contribution in [1.29, 1.82) is 0 Å². The summed E-state index contributed by atoms with van der Waals surface area (Å²) in [6.07, 6.45) is -0.0260. The number of rotatable bonds is 6. The summed E-state index contributed by atoms with van der Waals surface area (Å²) in [6, 6.07) is 11.7. The summed E-state index contributed by atoms with van der Waals surface area (Å²) in [4.78, 5) is 38.0. The summed E-state index contributed by atoms with van der Waals surface area (Å²) in [5.41, 5.74) is 0.987. The SMILES string of the molecule is COc1ccc(NC(=O)COC(=O)[C@H]2CC(=O)N(c3cccc(Cl)c3Cl)C2)cc1. The molecule has 2 amide bonds. The number of nitrogens with one attached hydrogen (secondary N) is 1. The van der Waals surface area contributed by atoms with Crippen molar-refractivity contribution in [2.24, 2.45) is 5.92 Å². The van der Waals surface area contributed by atoms with Crippen molar-refractivity contribution >= 4 is 52.4 Å². The third-order valence-electron chi connectivity index (χ3n) is 4.40. The van der Waals surface area contributed by atoms with Crippen LogP contribution in [0.5, 0.6) is 5.75 Å². The van der Waals surface area contributed by atoms with Gasteiger partial charge in [-0.1, -0.05) is 29.3 Å². The molecule has 9 heteroatoms. The van der Waals surface area contributed by atoms with Crippen LogP contribution in [0.1, 0.15) is 6.42 Å². The Morgan fingerprint density at radius 3 is 2.59 bits per heavy atom. The van der Waals surface area contributed by atoms with Crippen LogP contribution in [0.3, 0.4) is 0 Å². The summed E-state index contributed by atoms with van der Waals surface area (Å²) >= 11 is 12.2. The van der Waals surface area contributed by atoms with E-state index < -0.39 is 24.4 Å². The van der Waals surface area contributed by atoms with Gasteiger partial charge in [0.1, 0.15) is 5.75 Å². The minimum absolute atomic E-state index is 0.0260. The normalized spacial score (nSPS) is 15.9. The molecule has 7 nitrogen and oxygen atoms in total. The molecule has 0 unspecified atom stereocenters. The molecular formula is C20H18Cl2N2O5. The van der Waals surface area contributed by atoms with Crippen LogP contribution in [-0.2, 0) is 19.1 Å². The first kappa shape index (κ1) is 21.0. The molecule has 2 aromatic carbocycles. The van der Waals surface area contributed by atoms with Crippen LogP contribution in [0.2, 0.25) is 10.0 Å². The van der Waals surface area contributed by atoms with Gasteiger partial charge in [-0.25, -0.2) is 0 Å². The molecule has 1 aliphatic heterocycles. The Labute approximate surface area is 177 Å². The second-order valence-corrected chi connectivity index (χ2v) is 7.15. The van der Waals surface area contributed by atoms with Crippen LogP contribution in [0.4, 0.5) is 11.4 Å². The lowest BCUT2D eigenvalue weighted by Crippen LogP contribution is -2.28. The van der Waals surface area contributed by atoms with Crippen molar-refractivity contribution in [3.63, 3.8) is 0 Å². The molecule has 0 spiro atoms. The first-order valence-corrected chi connectivity index (χ1v) is 9.49. The predicted octanol–water partition coefficient (Wildman–Crippen LogP) is 3.54. The van der Waals surface area contributed by atoms with E-state index >= 15 is 0 Å². The fourth-order valence-corrected chi connectivity index (χ4v) is 3.32. The van der Waals surface area contributed by atoms with E-state index in [1.165, 1.54) is 4.90 Å². The summed E-state index contributed by atoms with van der Waals surface area (Å²) in [5, 5.41) is 3.18. The van der Waals surface area contributed by atoms with E-state index in [1.807, 2.05) is 0 Å². The number of anilines is 2. The van der Waals surface area contributed by atoms with Crippen molar-refractivity contribution in [2.45, 2.75) is 6.42 Å². The van der Waals surface area contributed by atoms with Crippen LogP contribution in [0.15, 0.2) is 42.5 Å². The Hall–Kier alpha value is -2.77. The van der Waals surface area contributed by atoms with E-state index in [0.717, 1.165) is 0 Å². The van der Waals surface area contributed by atoms with Gasteiger partial charge in [-0.05, 0) is 36.4 Å². The second-order valence-electron chi connectivity index (χ2n) is 6.36. The Morgan fingerprint density at radius 2 is 1.90 bits per heavy atom. The molecule has 1 N–H and O–H groups in total. The Bertz CT molecular complexity index is 933. The van der Waals surface area contributed by atoms with Crippen LogP contribution < -0.4 is 15.0 Å². The maximum atomic E-state index is 12.3. The molecule has 1 aliphatic rings. The number of carbonyl (C=O) groups excluding carboxylic acids is 3. The highest BCUT2D eigenvalue weighted by Crippen LogP contribution is 2.35. The number of hydrogen-bond acceptors (Lipinski definition) is 5. The van der Waals surface area contributed by atoms with Crippen LogP contribution in [0, 0.1) is 5.92 Å².